The van der Waals surface area contributed by atoms with E-state index in [1.54, 1.807) is 24.3 Å². The Bertz CT molecular complexity index is 1280. The number of amides is 3. The zero-order chi connectivity index (χ0) is 26.1. The highest BCUT2D eigenvalue weighted by molar-refractivity contribution is 7.89. The molecule has 0 saturated carbocycles. The monoisotopic (exact) mass is 530 g/mol. The number of carbonyl (C=O) groups is 2. The smallest absolute Gasteiger partial charge is 0.308 e. The molecule has 3 rings (SSSR count). The van der Waals surface area contributed by atoms with E-state index in [-0.39, 0.29) is 24.4 Å². The fraction of sp³-hybridized carbons (Fsp3) is 0.200. The highest BCUT2D eigenvalue weighted by atomic mass is 35.5. The van der Waals surface area contributed by atoms with Gasteiger partial charge in [-0.1, -0.05) is 41.4 Å². The molecular weight excluding hydrogens is 504 g/mol. The van der Waals surface area contributed by atoms with Gasteiger partial charge in [0, 0.05) is 35.9 Å². The average Bonchev–Trinajstić information content (AvgIpc) is 2.86. The SMILES string of the molecule is Cc1ccc(CCN(CCC(=O)NO)S(=O)(=O)c2ccc(NC(=O)Nc3ccc(Cl)cc3)cc2)cc1. The molecule has 0 radical (unpaired) electrons. The Balaban J connectivity index is 1.70. The van der Waals surface area contributed by atoms with Crippen LogP contribution in [0, 0.1) is 6.92 Å². The Hall–Kier alpha value is -3.44. The highest BCUT2D eigenvalue weighted by Crippen LogP contribution is 2.20. The van der Waals surface area contributed by atoms with Crippen LogP contribution in [-0.2, 0) is 21.2 Å². The van der Waals surface area contributed by atoms with Crippen molar-refractivity contribution in [2.45, 2.75) is 24.7 Å². The molecule has 0 heterocycles. The Kier molecular flexibility index (Phi) is 9.43. The van der Waals surface area contributed by atoms with Gasteiger partial charge >= 0.3 is 6.03 Å². The summed E-state index contributed by atoms with van der Waals surface area (Å²) in [4.78, 5) is 23.8. The number of carbonyl (C=O) groups excluding carboxylic acids is 2. The van der Waals surface area contributed by atoms with E-state index in [1.165, 1.54) is 34.1 Å². The van der Waals surface area contributed by atoms with Gasteiger partial charge in [-0.05, 0) is 67.4 Å². The molecule has 36 heavy (non-hydrogen) atoms. The Morgan fingerprint density at radius 1 is 0.861 bits per heavy atom. The molecule has 0 saturated heterocycles. The quantitative estimate of drug-likeness (QED) is 0.228. The second kappa shape index (κ2) is 12.5. The van der Waals surface area contributed by atoms with Crippen molar-refractivity contribution in [1.82, 2.24) is 9.79 Å². The summed E-state index contributed by atoms with van der Waals surface area (Å²) in [5, 5.41) is 14.6. The summed E-state index contributed by atoms with van der Waals surface area (Å²) in [6.07, 6.45) is 0.249. The predicted octanol–water partition coefficient (Wildman–Crippen LogP) is 4.42. The van der Waals surface area contributed by atoms with Crippen LogP contribution < -0.4 is 16.1 Å². The minimum absolute atomic E-state index is 0.0134. The highest BCUT2D eigenvalue weighted by Gasteiger charge is 2.25. The van der Waals surface area contributed by atoms with Gasteiger partial charge in [-0.2, -0.15) is 4.31 Å². The third-order valence-corrected chi connectivity index (χ3v) is 7.50. The number of nitrogens with one attached hydrogen (secondary N) is 3. The molecule has 0 unspecified atom stereocenters. The third kappa shape index (κ3) is 7.79. The fourth-order valence-corrected chi connectivity index (χ4v) is 4.90. The summed E-state index contributed by atoms with van der Waals surface area (Å²) in [6, 6.07) is 19.6. The Morgan fingerprint density at radius 3 is 1.97 bits per heavy atom. The van der Waals surface area contributed by atoms with Gasteiger partial charge in [0.2, 0.25) is 15.9 Å². The first-order chi connectivity index (χ1) is 17.2. The summed E-state index contributed by atoms with van der Waals surface area (Å²) in [5.74, 6) is -0.684. The van der Waals surface area contributed by atoms with Crippen molar-refractivity contribution in [1.29, 1.82) is 0 Å². The van der Waals surface area contributed by atoms with Crippen molar-refractivity contribution in [2.24, 2.45) is 0 Å². The summed E-state index contributed by atoms with van der Waals surface area (Å²) >= 11 is 5.84. The molecule has 4 N–H and O–H groups in total. The molecule has 0 aromatic heterocycles. The fourth-order valence-electron chi connectivity index (χ4n) is 3.33. The minimum Gasteiger partial charge on any atom is -0.308 e. The number of aryl methyl sites for hydroxylation is 1. The second-order valence-corrected chi connectivity index (χ2v) is 10.4. The minimum atomic E-state index is -3.95. The Labute approximate surface area is 215 Å². The largest absolute Gasteiger partial charge is 0.323 e. The number of anilines is 2. The zero-order valence-electron chi connectivity index (χ0n) is 19.6. The number of rotatable bonds is 10. The van der Waals surface area contributed by atoms with Crippen LogP contribution in [-0.4, -0.2) is 43.0 Å². The zero-order valence-corrected chi connectivity index (χ0v) is 21.1. The molecule has 0 atom stereocenters. The summed E-state index contributed by atoms with van der Waals surface area (Å²) in [5.41, 5.74) is 4.52. The van der Waals surface area contributed by atoms with Crippen molar-refractivity contribution in [2.75, 3.05) is 23.7 Å². The molecule has 0 bridgehead atoms. The molecule has 0 spiro atoms. The van der Waals surface area contributed by atoms with Gasteiger partial charge in [0.05, 0.1) is 4.90 Å². The lowest BCUT2D eigenvalue weighted by atomic mass is 10.1. The van der Waals surface area contributed by atoms with Gasteiger partial charge < -0.3 is 10.6 Å². The van der Waals surface area contributed by atoms with Crippen molar-refractivity contribution in [3.05, 3.63) is 88.9 Å². The maximum Gasteiger partial charge on any atom is 0.323 e. The number of hydrogen-bond acceptors (Lipinski definition) is 5. The lowest BCUT2D eigenvalue weighted by Gasteiger charge is -2.22. The molecule has 190 valence electrons. The van der Waals surface area contributed by atoms with E-state index in [1.807, 2.05) is 31.2 Å². The Morgan fingerprint density at radius 2 is 1.42 bits per heavy atom. The van der Waals surface area contributed by atoms with E-state index >= 15 is 0 Å². The first-order valence-corrected chi connectivity index (χ1v) is 12.9. The van der Waals surface area contributed by atoms with E-state index in [0.717, 1.165) is 11.1 Å². The number of sulfonamides is 1. The molecule has 11 heteroatoms. The molecule has 0 fully saturated rings. The average molecular weight is 531 g/mol. The van der Waals surface area contributed by atoms with E-state index in [2.05, 4.69) is 10.6 Å². The van der Waals surface area contributed by atoms with Crippen LogP contribution in [0.3, 0.4) is 0 Å². The van der Waals surface area contributed by atoms with Crippen LogP contribution in [0.25, 0.3) is 0 Å². The summed E-state index contributed by atoms with van der Waals surface area (Å²) < 4.78 is 27.9. The van der Waals surface area contributed by atoms with Crippen LogP contribution in [0.4, 0.5) is 16.2 Å². The molecular formula is C25H27ClN4O5S. The molecule has 9 nitrogen and oxygen atoms in total. The first kappa shape index (κ1) is 27.2. The first-order valence-electron chi connectivity index (χ1n) is 11.1. The number of benzene rings is 3. The van der Waals surface area contributed by atoms with E-state index in [4.69, 9.17) is 16.8 Å². The van der Waals surface area contributed by atoms with Crippen LogP contribution in [0.5, 0.6) is 0 Å². The lowest BCUT2D eigenvalue weighted by molar-refractivity contribution is -0.129. The van der Waals surface area contributed by atoms with Crippen LogP contribution in [0.2, 0.25) is 5.02 Å². The van der Waals surface area contributed by atoms with Crippen molar-refractivity contribution in [3.8, 4) is 0 Å². The molecule has 3 aromatic carbocycles. The number of hydrogen-bond donors (Lipinski definition) is 4. The number of halogens is 1. The lowest BCUT2D eigenvalue weighted by Crippen LogP contribution is -2.36. The van der Waals surface area contributed by atoms with Crippen molar-refractivity contribution < 1.29 is 23.2 Å². The third-order valence-electron chi connectivity index (χ3n) is 5.34. The van der Waals surface area contributed by atoms with Crippen molar-refractivity contribution >= 4 is 44.9 Å². The van der Waals surface area contributed by atoms with E-state index in [0.29, 0.717) is 22.8 Å². The van der Waals surface area contributed by atoms with Gasteiger partial charge in [-0.15, -0.1) is 0 Å². The summed E-state index contributed by atoms with van der Waals surface area (Å²) in [7, 11) is -3.95. The maximum absolute atomic E-state index is 13.3. The molecule has 0 aliphatic rings. The van der Waals surface area contributed by atoms with Gasteiger partial charge in [-0.3, -0.25) is 10.0 Å². The van der Waals surface area contributed by atoms with E-state index < -0.39 is 22.0 Å². The second-order valence-electron chi connectivity index (χ2n) is 8.04. The number of nitrogens with zero attached hydrogens (tertiary/aromatic N) is 1. The normalized spacial score (nSPS) is 11.2. The van der Waals surface area contributed by atoms with Crippen molar-refractivity contribution in [3.63, 3.8) is 0 Å². The van der Waals surface area contributed by atoms with E-state index in [9.17, 15) is 18.0 Å². The van der Waals surface area contributed by atoms with Crippen LogP contribution >= 0.6 is 11.6 Å². The topological polar surface area (TPSA) is 128 Å². The molecule has 3 amide bonds. The van der Waals surface area contributed by atoms with Gasteiger partial charge in [-0.25, -0.2) is 18.7 Å². The molecule has 0 aliphatic carbocycles. The van der Waals surface area contributed by atoms with Gasteiger partial charge in [0.15, 0.2) is 0 Å². The predicted molar refractivity (Wildman–Crippen MR) is 139 cm³/mol. The van der Waals surface area contributed by atoms with Crippen LogP contribution in [0.15, 0.2) is 77.7 Å². The summed E-state index contributed by atoms with van der Waals surface area (Å²) in [6.45, 7) is 2.01. The van der Waals surface area contributed by atoms with Gasteiger partial charge in [0.25, 0.3) is 0 Å². The molecule has 3 aromatic rings. The standard InChI is InChI=1S/C25H27ClN4O5S/c1-18-2-4-19(5-3-18)14-16-30(17-15-24(31)29-33)36(34,35)23-12-10-22(11-13-23)28-25(32)27-21-8-6-20(26)7-9-21/h2-13,33H,14-17H2,1H3,(H,29,31)(H2,27,28,32). The number of hydroxylamine groups is 1. The van der Waals surface area contributed by atoms with Crippen LogP contribution in [0.1, 0.15) is 17.5 Å². The van der Waals surface area contributed by atoms with Gasteiger partial charge in [0.1, 0.15) is 0 Å². The maximum atomic E-state index is 13.3. The number of urea groups is 1. The molecule has 0 aliphatic heterocycles.